The Kier molecular flexibility index (Phi) is 6.42. The number of anilines is 1. The highest BCUT2D eigenvalue weighted by Crippen LogP contribution is 2.24. The largest absolute Gasteiger partial charge is 0.381 e. The highest BCUT2D eigenvalue weighted by molar-refractivity contribution is 7.89. The molecular weight excluding hydrogens is 354 g/mol. The minimum absolute atomic E-state index is 0.176. The van der Waals surface area contributed by atoms with Gasteiger partial charge in [0.2, 0.25) is 16.0 Å². The first-order chi connectivity index (χ1) is 12.5. The molecule has 8 nitrogen and oxygen atoms in total. The van der Waals surface area contributed by atoms with E-state index in [0.29, 0.717) is 45.1 Å². The molecule has 0 amide bonds. The Balaban J connectivity index is 1.57. The van der Waals surface area contributed by atoms with E-state index in [1.165, 1.54) is 0 Å². The zero-order valence-electron chi connectivity index (χ0n) is 15.6. The van der Waals surface area contributed by atoms with Crippen molar-refractivity contribution in [1.82, 2.24) is 19.5 Å². The van der Waals surface area contributed by atoms with E-state index >= 15 is 0 Å². The van der Waals surface area contributed by atoms with Gasteiger partial charge in [0.25, 0.3) is 0 Å². The van der Waals surface area contributed by atoms with E-state index in [2.05, 4.69) is 27.4 Å². The van der Waals surface area contributed by atoms with Crippen molar-refractivity contribution < 1.29 is 13.2 Å². The molecule has 0 radical (unpaired) electrons. The topological polar surface area (TPSA) is 97.3 Å². The van der Waals surface area contributed by atoms with Crippen LogP contribution >= 0.6 is 0 Å². The first-order valence-corrected chi connectivity index (χ1v) is 11.1. The van der Waals surface area contributed by atoms with E-state index in [0.717, 1.165) is 37.1 Å². The van der Waals surface area contributed by atoms with Crippen molar-refractivity contribution in [3.05, 3.63) is 11.4 Å². The zero-order valence-corrected chi connectivity index (χ0v) is 16.5. The van der Waals surface area contributed by atoms with E-state index in [9.17, 15) is 8.42 Å². The molecule has 3 rings (SSSR count). The van der Waals surface area contributed by atoms with Gasteiger partial charge in [-0.2, -0.15) is 5.10 Å². The molecule has 0 unspecified atom stereocenters. The molecule has 1 aromatic rings. The molecule has 0 spiro atoms. The fourth-order valence-corrected chi connectivity index (χ4v) is 5.55. The number of hydrogen-bond acceptors (Lipinski definition) is 7. The van der Waals surface area contributed by atoms with Gasteiger partial charge in [-0.05, 0) is 38.5 Å². The lowest BCUT2D eigenvalue weighted by atomic mass is 10.1. The number of nitrogens with one attached hydrogen (secondary N) is 1. The summed E-state index contributed by atoms with van der Waals surface area (Å²) in [5.74, 6) is 0.546. The summed E-state index contributed by atoms with van der Waals surface area (Å²) in [6, 6.07) is 0.176. The Morgan fingerprint density at radius 2 is 1.69 bits per heavy atom. The summed E-state index contributed by atoms with van der Waals surface area (Å²) in [6.45, 7) is 6.27. The van der Waals surface area contributed by atoms with Gasteiger partial charge in [-0.25, -0.2) is 17.7 Å². The lowest BCUT2D eigenvalue weighted by Gasteiger charge is -2.35. The normalized spacial score (nSPS) is 21.0. The minimum Gasteiger partial charge on any atom is -0.381 e. The molecule has 0 atom stereocenters. The van der Waals surface area contributed by atoms with Crippen LogP contribution in [0, 0.1) is 0 Å². The highest BCUT2D eigenvalue weighted by Gasteiger charge is 2.35. The van der Waals surface area contributed by atoms with E-state index in [4.69, 9.17) is 4.74 Å². The molecule has 0 saturated carbocycles. The molecular formula is C17H29N5O3S. The van der Waals surface area contributed by atoms with Crippen LogP contribution in [0.25, 0.3) is 0 Å². The van der Waals surface area contributed by atoms with Gasteiger partial charge in [-0.1, -0.05) is 13.8 Å². The predicted octanol–water partition coefficient (Wildman–Crippen LogP) is 1.38. The van der Waals surface area contributed by atoms with Crippen LogP contribution in [0.4, 0.5) is 5.95 Å². The summed E-state index contributed by atoms with van der Waals surface area (Å²) in [7, 11) is -3.22. The second kappa shape index (κ2) is 8.58. The Bertz CT molecular complexity index is 698. The van der Waals surface area contributed by atoms with Gasteiger partial charge in [-0.15, -0.1) is 5.10 Å². The summed E-state index contributed by atoms with van der Waals surface area (Å²) in [5.41, 5.74) is 1.92. The molecule has 26 heavy (non-hydrogen) atoms. The molecule has 146 valence electrons. The summed E-state index contributed by atoms with van der Waals surface area (Å²) in [4.78, 5) is 4.57. The molecule has 0 bridgehead atoms. The maximum Gasteiger partial charge on any atom is 0.243 e. The van der Waals surface area contributed by atoms with E-state index in [1.54, 1.807) is 4.31 Å². The number of nitrogens with zero attached hydrogens (tertiary/aromatic N) is 4. The lowest BCUT2D eigenvalue weighted by molar-refractivity contribution is 0.0969. The van der Waals surface area contributed by atoms with E-state index < -0.39 is 10.0 Å². The third kappa shape index (κ3) is 4.32. The third-order valence-electron chi connectivity index (χ3n) is 5.25. The number of aromatic nitrogens is 3. The molecule has 9 heteroatoms. The molecule has 2 aliphatic heterocycles. The molecule has 1 N–H and O–H groups in total. The Morgan fingerprint density at radius 1 is 1.04 bits per heavy atom. The predicted molar refractivity (Wildman–Crippen MR) is 99.6 cm³/mol. The molecule has 1 aromatic heterocycles. The first-order valence-electron chi connectivity index (χ1n) is 9.60. The van der Waals surface area contributed by atoms with Crippen LogP contribution in [-0.4, -0.2) is 65.5 Å². The summed E-state index contributed by atoms with van der Waals surface area (Å²) >= 11 is 0. The van der Waals surface area contributed by atoms with Crippen molar-refractivity contribution in [3.63, 3.8) is 0 Å². The van der Waals surface area contributed by atoms with Gasteiger partial charge in [0, 0.05) is 32.3 Å². The zero-order chi connectivity index (χ0) is 18.6. The number of piperidine rings is 1. The SMILES string of the molecule is CCc1nnc(NC2CCN(S(=O)(=O)C3CCOCC3)CC2)nc1CC. The Labute approximate surface area is 155 Å². The summed E-state index contributed by atoms with van der Waals surface area (Å²) in [6.07, 6.45) is 4.36. The van der Waals surface area contributed by atoms with Crippen LogP contribution in [0.3, 0.4) is 0 Å². The van der Waals surface area contributed by atoms with Crippen molar-refractivity contribution in [2.24, 2.45) is 0 Å². The number of sulfonamides is 1. The summed E-state index contributed by atoms with van der Waals surface area (Å²) in [5, 5.41) is 11.5. The maximum absolute atomic E-state index is 12.8. The standard InChI is InChI=1S/C17H29N5O3S/c1-3-15-16(4-2)20-21-17(19-15)18-13-5-9-22(10-6-13)26(23,24)14-7-11-25-12-8-14/h13-14H,3-12H2,1-2H3,(H,18,19,21). The molecule has 2 fully saturated rings. The molecule has 0 aliphatic carbocycles. The van der Waals surface area contributed by atoms with E-state index in [1.807, 2.05) is 6.92 Å². The van der Waals surface area contributed by atoms with Crippen molar-refractivity contribution in [2.45, 2.75) is 63.7 Å². The quantitative estimate of drug-likeness (QED) is 0.792. The third-order valence-corrected chi connectivity index (χ3v) is 7.64. The van der Waals surface area contributed by atoms with Gasteiger partial charge in [0.1, 0.15) is 0 Å². The van der Waals surface area contributed by atoms with Gasteiger partial charge >= 0.3 is 0 Å². The van der Waals surface area contributed by atoms with Crippen LogP contribution < -0.4 is 5.32 Å². The van der Waals surface area contributed by atoms with Gasteiger partial charge in [-0.3, -0.25) is 0 Å². The summed E-state index contributed by atoms with van der Waals surface area (Å²) < 4.78 is 32.5. The number of ether oxygens (including phenoxy) is 1. The second-order valence-electron chi connectivity index (χ2n) is 6.91. The molecule has 2 aliphatic rings. The Morgan fingerprint density at radius 3 is 2.31 bits per heavy atom. The molecule has 0 aromatic carbocycles. The van der Waals surface area contributed by atoms with Crippen LogP contribution in [0.1, 0.15) is 50.9 Å². The smallest absolute Gasteiger partial charge is 0.243 e. The van der Waals surface area contributed by atoms with Gasteiger partial charge in [0.05, 0.1) is 16.6 Å². The van der Waals surface area contributed by atoms with Crippen molar-refractivity contribution >= 4 is 16.0 Å². The van der Waals surface area contributed by atoms with Gasteiger partial charge < -0.3 is 10.1 Å². The van der Waals surface area contributed by atoms with E-state index in [-0.39, 0.29) is 11.3 Å². The monoisotopic (exact) mass is 383 g/mol. The first kappa shape index (κ1) is 19.4. The lowest BCUT2D eigenvalue weighted by Crippen LogP contribution is -2.47. The molecule has 2 saturated heterocycles. The second-order valence-corrected chi connectivity index (χ2v) is 9.12. The van der Waals surface area contributed by atoms with Gasteiger partial charge in [0.15, 0.2) is 0 Å². The maximum atomic E-state index is 12.8. The van der Waals surface area contributed by atoms with Crippen molar-refractivity contribution in [2.75, 3.05) is 31.6 Å². The number of aryl methyl sites for hydroxylation is 2. The van der Waals surface area contributed by atoms with Crippen molar-refractivity contribution in [1.29, 1.82) is 0 Å². The average Bonchev–Trinajstić information content (AvgIpc) is 2.69. The number of hydrogen-bond donors (Lipinski definition) is 1. The van der Waals surface area contributed by atoms with Crippen LogP contribution in [0.2, 0.25) is 0 Å². The average molecular weight is 384 g/mol. The Hall–Kier alpha value is -1.32. The fraction of sp³-hybridized carbons (Fsp3) is 0.824. The van der Waals surface area contributed by atoms with Crippen molar-refractivity contribution in [3.8, 4) is 0 Å². The minimum atomic E-state index is -3.22. The van der Waals surface area contributed by atoms with Crippen LogP contribution in [0.5, 0.6) is 0 Å². The highest BCUT2D eigenvalue weighted by atomic mass is 32.2. The fourth-order valence-electron chi connectivity index (χ4n) is 3.62. The van der Waals surface area contributed by atoms with Crippen LogP contribution in [-0.2, 0) is 27.6 Å². The van der Waals surface area contributed by atoms with Crippen LogP contribution in [0.15, 0.2) is 0 Å². The number of rotatable bonds is 6. The molecule has 3 heterocycles.